The highest BCUT2D eigenvalue weighted by molar-refractivity contribution is 7.98. The quantitative estimate of drug-likeness (QED) is 0.630. The summed E-state index contributed by atoms with van der Waals surface area (Å²) in [5.41, 5.74) is 7.34. The van der Waals surface area contributed by atoms with Gasteiger partial charge in [0.15, 0.2) is 0 Å². The van der Waals surface area contributed by atoms with E-state index in [1.54, 1.807) is 18.2 Å². The number of aromatic carboxylic acids is 1. The number of nitrogens with zero attached hydrogens (tertiary/aromatic N) is 1. The minimum atomic E-state index is -1.03. The summed E-state index contributed by atoms with van der Waals surface area (Å²) in [5.74, 6) is 0.280. The second-order valence-corrected chi connectivity index (χ2v) is 5.26. The molecule has 1 aromatic heterocycles. The number of carbonyl (C=O) groups is 1. The second-order valence-electron chi connectivity index (χ2n) is 4.24. The number of ether oxygens (including phenoxy) is 1. The second kappa shape index (κ2) is 6.99. The van der Waals surface area contributed by atoms with Crippen molar-refractivity contribution < 1.29 is 14.6 Å². The first-order chi connectivity index (χ1) is 10.1. The van der Waals surface area contributed by atoms with Gasteiger partial charge in [-0.05, 0) is 37.3 Å². The zero-order valence-electron chi connectivity index (χ0n) is 11.6. The standard InChI is InChI=1S/C15H16N2O3S/c1-2-20-11-6-7-12(16)14(8-11)21-9-10-4-3-5-13(17-10)15(18)19/h3-8H,2,9,16H2,1H3,(H,18,19). The van der Waals surface area contributed by atoms with Crippen LogP contribution in [-0.4, -0.2) is 22.7 Å². The minimum Gasteiger partial charge on any atom is -0.494 e. The van der Waals surface area contributed by atoms with Crippen molar-refractivity contribution in [1.29, 1.82) is 0 Å². The Hall–Kier alpha value is -2.21. The van der Waals surface area contributed by atoms with Gasteiger partial charge in [-0.2, -0.15) is 0 Å². The molecule has 3 N–H and O–H groups in total. The molecule has 0 bridgehead atoms. The van der Waals surface area contributed by atoms with Crippen molar-refractivity contribution in [1.82, 2.24) is 4.98 Å². The Kier molecular flexibility index (Phi) is 5.05. The Balaban J connectivity index is 2.10. The Bertz CT molecular complexity index is 647. The summed E-state index contributed by atoms with van der Waals surface area (Å²) in [4.78, 5) is 15.9. The molecule has 2 aromatic rings. The van der Waals surface area contributed by atoms with E-state index in [1.807, 2.05) is 19.1 Å². The van der Waals surface area contributed by atoms with Crippen LogP contribution in [0, 0.1) is 0 Å². The van der Waals surface area contributed by atoms with Gasteiger partial charge in [-0.1, -0.05) is 6.07 Å². The third kappa shape index (κ3) is 4.13. The third-order valence-electron chi connectivity index (χ3n) is 2.70. The summed E-state index contributed by atoms with van der Waals surface area (Å²) in [6.45, 7) is 2.51. The summed E-state index contributed by atoms with van der Waals surface area (Å²) in [7, 11) is 0. The molecule has 0 aliphatic rings. The van der Waals surface area contributed by atoms with Gasteiger partial charge in [0.1, 0.15) is 11.4 Å². The van der Waals surface area contributed by atoms with Gasteiger partial charge in [-0.15, -0.1) is 11.8 Å². The Labute approximate surface area is 127 Å². The molecule has 0 unspecified atom stereocenters. The fourth-order valence-electron chi connectivity index (χ4n) is 1.73. The lowest BCUT2D eigenvalue weighted by Crippen LogP contribution is -2.01. The zero-order chi connectivity index (χ0) is 15.2. The van der Waals surface area contributed by atoms with Crippen molar-refractivity contribution in [3.63, 3.8) is 0 Å². The zero-order valence-corrected chi connectivity index (χ0v) is 12.4. The maximum absolute atomic E-state index is 10.9. The van der Waals surface area contributed by atoms with Gasteiger partial charge < -0.3 is 15.6 Å². The molecule has 2 rings (SSSR count). The number of rotatable bonds is 6. The Morgan fingerprint density at radius 2 is 2.19 bits per heavy atom. The molecule has 0 aliphatic carbocycles. The van der Waals surface area contributed by atoms with Crippen LogP contribution < -0.4 is 10.5 Å². The van der Waals surface area contributed by atoms with Crippen molar-refractivity contribution in [2.75, 3.05) is 12.3 Å². The molecule has 1 heterocycles. The average molecular weight is 304 g/mol. The molecule has 0 radical (unpaired) electrons. The summed E-state index contributed by atoms with van der Waals surface area (Å²) in [6, 6.07) is 10.5. The molecular formula is C15H16N2O3S. The first-order valence-electron chi connectivity index (χ1n) is 6.44. The van der Waals surface area contributed by atoms with Gasteiger partial charge in [-0.25, -0.2) is 9.78 Å². The van der Waals surface area contributed by atoms with Crippen LogP contribution in [0.3, 0.4) is 0 Å². The molecule has 21 heavy (non-hydrogen) atoms. The normalized spacial score (nSPS) is 10.3. The van der Waals surface area contributed by atoms with Gasteiger partial charge in [0.05, 0.1) is 12.3 Å². The van der Waals surface area contributed by atoms with Crippen molar-refractivity contribution in [3.8, 4) is 5.75 Å². The number of carboxylic acid groups (broad SMARTS) is 1. The molecule has 0 saturated carbocycles. The molecule has 0 spiro atoms. The number of carboxylic acids is 1. The number of nitrogen functional groups attached to an aromatic ring is 1. The van der Waals surface area contributed by atoms with Crippen molar-refractivity contribution in [2.24, 2.45) is 0 Å². The highest BCUT2D eigenvalue weighted by Gasteiger charge is 2.07. The fraction of sp³-hybridized carbons (Fsp3) is 0.200. The molecule has 6 heteroatoms. The molecule has 0 aliphatic heterocycles. The molecule has 5 nitrogen and oxygen atoms in total. The third-order valence-corrected chi connectivity index (χ3v) is 3.80. The van der Waals surface area contributed by atoms with Gasteiger partial charge in [0.25, 0.3) is 0 Å². The van der Waals surface area contributed by atoms with E-state index in [1.165, 1.54) is 17.8 Å². The number of hydrogen-bond acceptors (Lipinski definition) is 5. The van der Waals surface area contributed by atoms with E-state index in [9.17, 15) is 4.79 Å². The number of nitrogens with two attached hydrogens (primary N) is 1. The van der Waals surface area contributed by atoms with Crippen LogP contribution in [0.1, 0.15) is 23.1 Å². The Morgan fingerprint density at radius 3 is 2.90 bits per heavy atom. The predicted octanol–water partition coefficient (Wildman–Crippen LogP) is 3.05. The molecule has 0 saturated heterocycles. The Morgan fingerprint density at radius 1 is 1.38 bits per heavy atom. The first kappa shape index (κ1) is 15.2. The van der Waals surface area contributed by atoms with Crippen LogP contribution in [0.5, 0.6) is 5.75 Å². The summed E-state index contributed by atoms with van der Waals surface area (Å²) in [5, 5.41) is 8.93. The van der Waals surface area contributed by atoms with E-state index in [2.05, 4.69) is 4.98 Å². The first-order valence-corrected chi connectivity index (χ1v) is 7.43. The number of pyridine rings is 1. The topological polar surface area (TPSA) is 85.4 Å². The van der Waals surface area contributed by atoms with Crippen LogP contribution >= 0.6 is 11.8 Å². The van der Waals surface area contributed by atoms with Crippen LogP contribution in [0.15, 0.2) is 41.3 Å². The SMILES string of the molecule is CCOc1ccc(N)c(SCc2cccc(C(=O)O)n2)c1. The summed E-state index contributed by atoms with van der Waals surface area (Å²) >= 11 is 1.50. The maximum Gasteiger partial charge on any atom is 0.354 e. The van der Waals surface area contributed by atoms with E-state index >= 15 is 0 Å². The smallest absolute Gasteiger partial charge is 0.354 e. The molecule has 0 fully saturated rings. The lowest BCUT2D eigenvalue weighted by atomic mass is 10.3. The van der Waals surface area contributed by atoms with Crippen molar-refractivity contribution in [2.45, 2.75) is 17.6 Å². The molecule has 110 valence electrons. The minimum absolute atomic E-state index is 0.0455. The number of anilines is 1. The largest absolute Gasteiger partial charge is 0.494 e. The lowest BCUT2D eigenvalue weighted by molar-refractivity contribution is 0.0690. The van der Waals surface area contributed by atoms with Gasteiger partial charge in [0.2, 0.25) is 0 Å². The number of aromatic nitrogens is 1. The van der Waals surface area contributed by atoms with Crippen LogP contribution in [0.2, 0.25) is 0 Å². The van der Waals surface area contributed by atoms with E-state index < -0.39 is 5.97 Å². The fourth-order valence-corrected chi connectivity index (χ4v) is 2.63. The van der Waals surface area contributed by atoms with Crippen LogP contribution in [0.4, 0.5) is 5.69 Å². The van der Waals surface area contributed by atoms with Gasteiger partial charge in [0, 0.05) is 16.3 Å². The lowest BCUT2D eigenvalue weighted by Gasteiger charge is -2.09. The average Bonchev–Trinajstić information content (AvgIpc) is 2.48. The van der Waals surface area contributed by atoms with Crippen molar-refractivity contribution >= 4 is 23.4 Å². The summed E-state index contributed by atoms with van der Waals surface area (Å²) < 4.78 is 5.44. The maximum atomic E-state index is 10.9. The number of thioether (sulfide) groups is 1. The van der Waals surface area contributed by atoms with E-state index in [-0.39, 0.29) is 5.69 Å². The van der Waals surface area contributed by atoms with Crippen molar-refractivity contribution in [3.05, 3.63) is 47.8 Å². The molecular weight excluding hydrogens is 288 g/mol. The van der Waals surface area contributed by atoms with Crippen LogP contribution in [0.25, 0.3) is 0 Å². The molecule has 0 amide bonds. The van der Waals surface area contributed by atoms with Gasteiger partial charge >= 0.3 is 5.97 Å². The number of hydrogen-bond donors (Lipinski definition) is 2. The van der Waals surface area contributed by atoms with Gasteiger partial charge in [-0.3, -0.25) is 0 Å². The predicted molar refractivity (Wildman–Crippen MR) is 82.8 cm³/mol. The van der Waals surface area contributed by atoms with E-state index in [4.69, 9.17) is 15.6 Å². The molecule has 1 aromatic carbocycles. The van der Waals surface area contributed by atoms with E-state index in [0.29, 0.717) is 23.7 Å². The van der Waals surface area contributed by atoms with Crippen LogP contribution in [-0.2, 0) is 5.75 Å². The summed E-state index contributed by atoms with van der Waals surface area (Å²) in [6.07, 6.45) is 0. The highest BCUT2D eigenvalue weighted by Crippen LogP contribution is 2.31. The molecule has 0 atom stereocenters. The number of benzene rings is 1. The monoisotopic (exact) mass is 304 g/mol. The van der Waals surface area contributed by atoms with E-state index in [0.717, 1.165) is 10.6 Å². The highest BCUT2D eigenvalue weighted by atomic mass is 32.2.